The molecule has 1 aromatic carbocycles. The van der Waals surface area contributed by atoms with Crippen LogP contribution in [-0.4, -0.2) is 9.97 Å². The summed E-state index contributed by atoms with van der Waals surface area (Å²) in [4.78, 5) is 9.03. The molecule has 78 valence electrons. The van der Waals surface area contributed by atoms with Crippen LogP contribution < -0.4 is 0 Å². The van der Waals surface area contributed by atoms with Gasteiger partial charge in [0.15, 0.2) is 0 Å². The number of aromatic nitrogens is 2. The van der Waals surface area contributed by atoms with Gasteiger partial charge >= 0.3 is 0 Å². The summed E-state index contributed by atoms with van der Waals surface area (Å²) >= 11 is 0. The van der Waals surface area contributed by atoms with Crippen LogP contribution in [0.2, 0.25) is 0 Å². The minimum Gasteiger partial charge on any atom is -0.253 e. The van der Waals surface area contributed by atoms with E-state index in [0.29, 0.717) is 0 Å². The molecule has 0 radical (unpaired) electrons. The summed E-state index contributed by atoms with van der Waals surface area (Å²) < 4.78 is 0. The van der Waals surface area contributed by atoms with Gasteiger partial charge in [-0.25, -0.2) is 0 Å². The largest absolute Gasteiger partial charge is 0.253 e. The number of pyridine rings is 2. The van der Waals surface area contributed by atoms with E-state index in [1.54, 1.807) is 0 Å². The van der Waals surface area contributed by atoms with Gasteiger partial charge in [-0.15, -0.1) is 0 Å². The third-order valence-corrected chi connectivity index (χ3v) is 2.78. The highest BCUT2D eigenvalue weighted by atomic mass is 14.7. The van der Waals surface area contributed by atoms with Gasteiger partial charge in [0.05, 0.1) is 11.0 Å². The van der Waals surface area contributed by atoms with Gasteiger partial charge in [0, 0.05) is 22.2 Å². The summed E-state index contributed by atoms with van der Waals surface area (Å²) in [6, 6.07) is 12.5. The van der Waals surface area contributed by atoms with Crippen LogP contribution in [0.1, 0.15) is 11.4 Å². The van der Waals surface area contributed by atoms with Crippen molar-refractivity contribution in [3.63, 3.8) is 0 Å². The van der Waals surface area contributed by atoms with Crippen LogP contribution in [0.4, 0.5) is 0 Å². The van der Waals surface area contributed by atoms with Crippen molar-refractivity contribution in [1.82, 2.24) is 9.97 Å². The Bertz CT molecular complexity index is 630. The SMILES string of the molecule is Cc1ccc2cc3ccc(C)nc3cc2n1. The van der Waals surface area contributed by atoms with Crippen molar-refractivity contribution in [2.45, 2.75) is 13.8 Å². The maximum atomic E-state index is 4.52. The van der Waals surface area contributed by atoms with Crippen molar-refractivity contribution >= 4 is 21.8 Å². The summed E-state index contributed by atoms with van der Waals surface area (Å²) in [7, 11) is 0. The molecule has 16 heavy (non-hydrogen) atoms. The topological polar surface area (TPSA) is 25.8 Å². The maximum absolute atomic E-state index is 4.52. The average molecular weight is 208 g/mol. The van der Waals surface area contributed by atoms with Gasteiger partial charge in [-0.05, 0) is 38.1 Å². The zero-order valence-corrected chi connectivity index (χ0v) is 9.36. The molecule has 2 nitrogen and oxygen atoms in total. The summed E-state index contributed by atoms with van der Waals surface area (Å²) in [5, 5.41) is 2.34. The smallest absolute Gasteiger partial charge is 0.0727 e. The molecule has 0 atom stereocenters. The molecule has 2 heteroatoms. The zero-order valence-electron chi connectivity index (χ0n) is 9.36. The predicted molar refractivity (Wildman–Crippen MR) is 66.5 cm³/mol. The van der Waals surface area contributed by atoms with Crippen LogP contribution in [-0.2, 0) is 0 Å². The minimum atomic E-state index is 1.02. The lowest BCUT2D eigenvalue weighted by Crippen LogP contribution is -1.86. The molecule has 0 amide bonds. The lowest BCUT2D eigenvalue weighted by molar-refractivity contribution is 1.24. The van der Waals surface area contributed by atoms with Crippen molar-refractivity contribution in [1.29, 1.82) is 0 Å². The molecule has 0 unspecified atom stereocenters. The number of aryl methyl sites for hydroxylation is 2. The molecular weight excluding hydrogens is 196 g/mol. The van der Waals surface area contributed by atoms with Gasteiger partial charge in [-0.1, -0.05) is 12.1 Å². The first-order valence-electron chi connectivity index (χ1n) is 5.37. The first-order chi connectivity index (χ1) is 7.72. The van der Waals surface area contributed by atoms with Gasteiger partial charge in [0.1, 0.15) is 0 Å². The molecular formula is C14H12N2. The van der Waals surface area contributed by atoms with Crippen molar-refractivity contribution in [2.75, 3.05) is 0 Å². The quantitative estimate of drug-likeness (QED) is 0.529. The Morgan fingerprint density at radius 1 is 0.688 bits per heavy atom. The second-order valence-corrected chi connectivity index (χ2v) is 4.14. The van der Waals surface area contributed by atoms with Crippen LogP contribution in [0.3, 0.4) is 0 Å². The molecule has 0 saturated heterocycles. The molecule has 0 aliphatic rings. The van der Waals surface area contributed by atoms with Crippen LogP contribution in [0, 0.1) is 13.8 Å². The highest BCUT2D eigenvalue weighted by molar-refractivity contribution is 5.94. The van der Waals surface area contributed by atoms with E-state index in [4.69, 9.17) is 0 Å². The molecule has 0 spiro atoms. The van der Waals surface area contributed by atoms with E-state index in [1.165, 1.54) is 10.8 Å². The van der Waals surface area contributed by atoms with Crippen LogP contribution in [0.5, 0.6) is 0 Å². The van der Waals surface area contributed by atoms with Crippen molar-refractivity contribution < 1.29 is 0 Å². The Hall–Kier alpha value is -1.96. The fraction of sp³-hybridized carbons (Fsp3) is 0.143. The predicted octanol–water partition coefficient (Wildman–Crippen LogP) is 3.40. The number of nitrogens with zero attached hydrogens (tertiary/aromatic N) is 2. The summed E-state index contributed by atoms with van der Waals surface area (Å²) in [6.45, 7) is 4.01. The third kappa shape index (κ3) is 1.43. The fourth-order valence-corrected chi connectivity index (χ4v) is 1.95. The minimum absolute atomic E-state index is 1.02. The van der Waals surface area contributed by atoms with E-state index in [-0.39, 0.29) is 0 Å². The van der Waals surface area contributed by atoms with Crippen molar-refractivity contribution in [3.05, 3.63) is 47.8 Å². The van der Waals surface area contributed by atoms with E-state index in [2.05, 4.69) is 34.2 Å². The fourth-order valence-electron chi connectivity index (χ4n) is 1.95. The van der Waals surface area contributed by atoms with E-state index < -0.39 is 0 Å². The van der Waals surface area contributed by atoms with Gasteiger partial charge in [-0.3, -0.25) is 9.97 Å². The summed E-state index contributed by atoms with van der Waals surface area (Å²) in [6.07, 6.45) is 0. The molecule has 2 aromatic heterocycles. The molecule has 0 aliphatic heterocycles. The van der Waals surface area contributed by atoms with Gasteiger partial charge < -0.3 is 0 Å². The first kappa shape index (κ1) is 9.28. The van der Waals surface area contributed by atoms with Crippen LogP contribution in [0.25, 0.3) is 21.8 Å². The number of rotatable bonds is 0. The van der Waals surface area contributed by atoms with Crippen LogP contribution in [0.15, 0.2) is 36.4 Å². The third-order valence-electron chi connectivity index (χ3n) is 2.78. The molecule has 0 bridgehead atoms. The van der Waals surface area contributed by atoms with E-state index in [0.717, 1.165) is 22.4 Å². The lowest BCUT2D eigenvalue weighted by Gasteiger charge is -2.02. The number of benzene rings is 1. The van der Waals surface area contributed by atoms with E-state index in [1.807, 2.05) is 26.0 Å². The Morgan fingerprint density at radius 3 is 1.69 bits per heavy atom. The molecule has 2 heterocycles. The molecule has 3 rings (SSSR count). The van der Waals surface area contributed by atoms with Gasteiger partial charge in [0.25, 0.3) is 0 Å². The Morgan fingerprint density at radius 2 is 1.19 bits per heavy atom. The van der Waals surface area contributed by atoms with E-state index >= 15 is 0 Å². The molecule has 0 fully saturated rings. The maximum Gasteiger partial charge on any atom is 0.0727 e. The van der Waals surface area contributed by atoms with Gasteiger partial charge in [0.2, 0.25) is 0 Å². The van der Waals surface area contributed by atoms with E-state index in [9.17, 15) is 0 Å². The Labute approximate surface area is 94.0 Å². The second kappa shape index (κ2) is 3.27. The summed E-state index contributed by atoms with van der Waals surface area (Å²) in [5.41, 5.74) is 4.12. The average Bonchev–Trinajstić information content (AvgIpc) is 2.26. The second-order valence-electron chi connectivity index (χ2n) is 4.14. The number of hydrogen-bond acceptors (Lipinski definition) is 2. The zero-order chi connectivity index (χ0) is 11.1. The highest BCUT2D eigenvalue weighted by Gasteiger charge is 2.00. The Balaban J connectivity index is 2.44. The van der Waals surface area contributed by atoms with Crippen LogP contribution >= 0.6 is 0 Å². The Kier molecular flexibility index (Phi) is 1.90. The molecule has 0 N–H and O–H groups in total. The molecule has 0 aliphatic carbocycles. The van der Waals surface area contributed by atoms with Crippen molar-refractivity contribution in [3.8, 4) is 0 Å². The summed E-state index contributed by atoms with van der Waals surface area (Å²) in [5.74, 6) is 0. The number of fused-ring (bicyclic) bond motifs is 2. The molecule has 3 aromatic rings. The monoisotopic (exact) mass is 208 g/mol. The standard InChI is InChI=1S/C14H12N2/c1-9-3-5-11-7-12-6-4-10(2)16-14(12)8-13(11)15-9/h3-8H,1-2H3. The normalized spacial score (nSPS) is 11.1. The van der Waals surface area contributed by atoms with Crippen molar-refractivity contribution in [2.24, 2.45) is 0 Å². The first-order valence-corrected chi connectivity index (χ1v) is 5.37. The van der Waals surface area contributed by atoms with Gasteiger partial charge in [-0.2, -0.15) is 0 Å². The molecule has 0 saturated carbocycles. The lowest BCUT2D eigenvalue weighted by atomic mass is 10.1. The highest BCUT2D eigenvalue weighted by Crippen LogP contribution is 2.20. The number of hydrogen-bond donors (Lipinski definition) is 0.